The molecule has 1 fully saturated rings. The number of hydrogen-bond acceptors (Lipinski definition) is 2. The van der Waals surface area contributed by atoms with Crippen molar-refractivity contribution < 1.29 is 9.59 Å². The number of likely N-dealkylation sites (tertiary alicyclic amines) is 1. The van der Waals surface area contributed by atoms with E-state index in [0.29, 0.717) is 31.8 Å². The molecule has 1 heterocycles. The first kappa shape index (κ1) is 18.3. The zero-order valence-corrected chi connectivity index (χ0v) is 15.1. The number of urea groups is 1. The first-order chi connectivity index (χ1) is 11.4. The Morgan fingerprint density at radius 1 is 1.04 bits per heavy atom. The topological polar surface area (TPSA) is 61.4 Å². The Hall–Kier alpha value is -2.04. The second-order valence-corrected chi connectivity index (χ2v) is 7.13. The standard InChI is InChI=1S/C19H29N3O2/c1-13(2)15-5-7-17(8-6-15)21-18(23)16-9-11-22(12-10-16)19(24)20-14(3)4/h5-8,13-14,16H,9-12H2,1-4H3,(H,20,24)(H,21,23). The van der Waals surface area contributed by atoms with Crippen LogP contribution in [0.1, 0.15) is 52.0 Å². The Balaban J connectivity index is 1.83. The van der Waals surface area contributed by atoms with Gasteiger partial charge < -0.3 is 15.5 Å². The second kappa shape index (κ2) is 8.18. The summed E-state index contributed by atoms with van der Waals surface area (Å²) in [7, 11) is 0. The van der Waals surface area contributed by atoms with Crippen molar-refractivity contribution in [3.8, 4) is 0 Å². The molecule has 3 amide bonds. The first-order valence-corrected chi connectivity index (χ1v) is 8.83. The van der Waals surface area contributed by atoms with Gasteiger partial charge in [-0.25, -0.2) is 4.79 Å². The SMILES string of the molecule is CC(C)NC(=O)N1CCC(C(=O)Nc2ccc(C(C)C)cc2)CC1. The van der Waals surface area contributed by atoms with Crippen LogP contribution in [0.25, 0.3) is 0 Å². The lowest BCUT2D eigenvalue weighted by Crippen LogP contribution is -2.47. The molecule has 0 spiro atoms. The van der Waals surface area contributed by atoms with Gasteiger partial charge in [0.25, 0.3) is 0 Å². The molecule has 1 aromatic carbocycles. The fourth-order valence-corrected chi connectivity index (χ4v) is 2.88. The average Bonchev–Trinajstić information content (AvgIpc) is 2.54. The molecule has 1 aliphatic heterocycles. The van der Waals surface area contributed by atoms with Crippen molar-refractivity contribution in [1.82, 2.24) is 10.2 Å². The van der Waals surface area contributed by atoms with E-state index in [1.807, 2.05) is 26.0 Å². The van der Waals surface area contributed by atoms with Gasteiger partial charge in [-0.15, -0.1) is 0 Å². The van der Waals surface area contributed by atoms with Crippen LogP contribution in [0.15, 0.2) is 24.3 Å². The molecule has 5 heteroatoms. The van der Waals surface area contributed by atoms with Crippen molar-refractivity contribution >= 4 is 17.6 Å². The van der Waals surface area contributed by atoms with Crippen molar-refractivity contribution in [2.45, 2.75) is 52.5 Å². The van der Waals surface area contributed by atoms with E-state index in [1.165, 1.54) is 5.56 Å². The number of amides is 3. The fraction of sp³-hybridized carbons (Fsp3) is 0.579. The Kier molecular flexibility index (Phi) is 6.23. The number of piperidine rings is 1. The maximum Gasteiger partial charge on any atom is 0.317 e. The molecule has 5 nitrogen and oxygen atoms in total. The van der Waals surface area contributed by atoms with Crippen molar-refractivity contribution in [3.05, 3.63) is 29.8 Å². The predicted octanol–water partition coefficient (Wildman–Crippen LogP) is 3.58. The third kappa shape index (κ3) is 4.98. The molecule has 24 heavy (non-hydrogen) atoms. The van der Waals surface area contributed by atoms with Crippen LogP contribution < -0.4 is 10.6 Å². The predicted molar refractivity (Wildman–Crippen MR) is 97.1 cm³/mol. The van der Waals surface area contributed by atoms with Gasteiger partial charge in [0.15, 0.2) is 0 Å². The molecule has 0 aliphatic carbocycles. The fourth-order valence-electron chi connectivity index (χ4n) is 2.88. The van der Waals surface area contributed by atoms with Crippen LogP contribution in [0.5, 0.6) is 0 Å². The van der Waals surface area contributed by atoms with E-state index >= 15 is 0 Å². The van der Waals surface area contributed by atoms with Crippen molar-refractivity contribution in [3.63, 3.8) is 0 Å². The van der Waals surface area contributed by atoms with Crippen LogP contribution in [0.4, 0.5) is 10.5 Å². The summed E-state index contributed by atoms with van der Waals surface area (Å²) >= 11 is 0. The molecule has 1 saturated heterocycles. The van der Waals surface area contributed by atoms with E-state index in [0.717, 1.165) is 5.69 Å². The number of rotatable bonds is 4. The van der Waals surface area contributed by atoms with E-state index in [4.69, 9.17) is 0 Å². The molecule has 132 valence electrons. The molecule has 0 saturated carbocycles. The monoisotopic (exact) mass is 331 g/mol. The van der Waals surface area contributed by atoms with Gasteiger partial charge >= 0.3 is 6.03 Å². The number of nitrogens with one attached hydrogen (secondary N) is 2. The third-order valence-electron chi connectivity index (χ3n) is 4.41. The number of carbonyl (C=O) groups excluding carboxylic acids is 2. The molecule has 0 atom stereocenters. The number of anilines is 1. The maximum atomic E-state index is 12.4. The average molecular weight is 331 g/mol. The highest BCUT2D eigenvalue weighted by molar-refractivity contribution is 5.92. The third-order valence-corrected chi connectivity index (χ3v) is 4.41. The van der Waals surface area contributed by atoms with E-state index in [-0.39, 0.29) is 23.9 Å². The number of carbonyl (C=O) groups is 2. The molecule has 2 N–H and O–H groups in total. The first-order valence-electron chi connectivity index (χ1n) is 8.83. The highest BCUT2D eigenvalue weighted by Crippen LogP contribution is 2.21. The summed E-state index contributed by atoms with van der Waals surface area (Å²) in [5.74, 6) is 0.505. The van der Waals surface area contributed by atoms with Crippen LogP contribution >= 0.6 is 0 Å². The summed E-state index contributed by atoms with van der Waals surface area (Å²) in [6, 6.07) is 8.12. The van der Waals surface area contributed by atoms with Crippen molar-refractivity contribution in [2.75, 3.05) is 18.4 Å². The van der Waals surface area contributed by atoms with Gasteiger partial charge in [-0.3, -0.25) is 4.79 Å². The summed E-state index contributed by atoms with van der Waals surface area (Å²) < 4.78 is 0. The van der Waals surface area contributed by atoms with Gasteiger partial charge in [0.1, 0.15) is 0 Å². The van der Waals surface area contributed by atoms with Gasteiger partial charge in [-0.05, 0) is 50.3 Å². The quantitative estimate of drug-likeness (QED) is 0.886. The molecule has 1 aliphatic rings. The molecule has 0 bridgehead atoms. The Morgan fingerprint density at radius 3 is 2.12 bits per heavy atom. The molecular formula is C19H29N3O2. The van der Waals surface area contributed by atoms with E-state index < -0.39 is 0 Å². The smallest absolute Gasteiger partial charge is 0.317 e. The molecule has 2 rings (SSSR count). The lowest BCUT2D eigenvalue weighted by atomic mass is 9.96. The van der Waals surface area contributed by atoms with Crippen LogP contribution in [-0.4, -0.2) is 36.0 Å². The number of hydrogen-bond donors (Lipinski definition) is 2. The van der Waals surface area contributed by atoms with E-state index in [2.05, 4.69) is 36.6 Å². The maximum absolute atomic E-state index is 12.4. The second-order valence-electron chi connectivity index (χ2n) is 7.13. The van der Waals surface area contributed by atoms with Crippen molar-refractivity contribution in [2.24, 2.45) is 5.92 Å². The van der Waals surface area contributed by atoms with Crippen LogP contribution in [0, 0.1) is 5.92 Å². The van der Waals surface area contributed by atoms with E-state index in [9.17, 15) is 9.59 Å². The molecule has 0 radical (unpaired) electrons. The van der Waals surface area contributed by atoms with Gasteiger partial charge in [0, 0.05) is 30.7 Å². The lowest BCUT2D eigenvalue weighted by Gasteiger charge is -2.32. The minimum atomic E-state index is -0.0341. The highest BCUT2D eigenvalue weighted by atomic mass is 16.2. The molecule has 0 aromatic heterocycles. The summed E-state index contributed by atoms with van der Waals surface area (Å²) in [6.07, 6.45) is 1.42. The Bertz CT molecular complexity index is 558. The summed E-state index contributed by atoms with van der Waals surface area (Å²) in [4.78, 5) is 26.2. The summed E-state index contributed by atoms with van der Waals surface area (Å²) in [5.41, 5.74) is 2.10. The molecular weight excluding hydrogens is 302 g/mol. The molecule has 1 aromatic rings. The summed E-state index contributed by atoms with van der Waals surface area (Å²) in [5, 5.41) is 5.89. The van der Waals surface area contributed by atoms with Gasteiger partial charge in [-0.1, -0.05) is 26.0 Å². The molecule has 0 unspecified atom stereocenters. The summed E-state index contributed by atoms with van der Waals surface area (Å²) in [6.45, 7) is 9.45. The largest absolute Gasteiger partial charge is 0.336 e. The van der Waals surface area contributed by atoms with E-state index in [1.54, 1.807) is 4.90 Å². The van der Waals surface area contributed by atoms with Crippen LogP contribution in [0.2, 0.25) is 0 Å². The van der Waals surface area contributed by atoms with Crippen molar-refractivity contribution in [1.29, 1.82) is 0 Å². The number of benzene rings is 1. The van der Waals surface area contributed by atoms with Gasteiger partial charge in [-0.2, -0.15) is 0 Å². The Labute approximate surface area is 144 Å². The van der Waals surface area contributed by atoms with Gasteiger partial charge in [0.2, 0.25) is 5.91 Å². The zero-order chi connectivity index (χ0) is 17.7. The van der Waals surface area contributed by atoms with Crippen LogP contribution in [-0.2, 0) is 4.79 Å². The zero-order valence-electron chi connectivity index (χ0n) is 15.1. The number of nitrogens with zero attached hydrogens (tertiary/aromatic N) is 1. The van der Waals surface area contributed by atoms with Gasteiger partial charge in [0.05, 0.1) is 0 Å². The highest BCUT2D eigenvalue weighted by Gasteiger charge is 2.27. The van der Waals surface area contributed by atoms with Crippen LogP contribution in [0.3, 0.4) is 0 Å². The minimum Gasteiger partial charge on any atom is -0.336 e. The Morgan fingerprint density at radius 2 is 1.62 bits per heavy atom. The lowest BCUT2D eigenvalue weighted by molar-refractivity contribution is -0.121. The normalized spacial score (nSPS) is 15.7. The minimum absolute atomic E-state index is 0.0297.